The Morgan fingerprint density at radius 2 is 0.628 bits per heavy atom. The van der Waals surface area contributed by atoms with E-state index in [0.717, 1.165) is 128 Å². The fourth-order valence-corrected chi connectivity index (χ4v) is 9.62. The topological polar surface area (TPSA) is 108 Å². The van der Waals surface area contributed by atoms with Crippen LogP contribution >= 0.6 is 7.82 Å². The van der Waals surface area contributed by atoms with Crippen molar-refractivity contribution in [2.75, 3.05) is 47.5 Å². The van der Waals surface area contributed by atoms with Crippen molar-refractivity contribution in [3.8, 4) is 0 Å². The Labute approximate surface area is 528 Å². The molecule has 0 aliphatic rings. The maximum Gasteiger partial charge on any atom is 0.472 e. The van der Waals surface area contributed by atoms with Gasteiger partial charge < -0.3 is 18.9 Å². The number of nitrogens with zero attached hydrogens (tertiary/aromatic N) is 1. The second-order valence-corrected chi connectivity index (χ2v) is 24.9. The van der Waals surface area contributed by atoms with E-state index in [-0.39, 0.29) is 32.0 Å². The van der Waals surface area contributed by atoms with Gasteiger partial charge in [0.1, 0.15) is 19.8 Å². The first kappa shape index (κ1) is 81.6. The first-order valence-electron chi connectivity index (χ1n) is 34.2. The number of ether oxygens (including phenoxy) is 2. The molecule has 0 bridgehead atoms. The van der Waals surface area contributed by atoms with Crippen LogP contribution < -0.4 is 0 Å². The second-order valence-electron chi connectivity index (χ2n) is 23.4. The van der Waals surface area contributed by atoms with Crippen molar-refractivity contribution in [2.45, 2.75) is 264 Å². The molecule has 0 aliphatic heterocycles. The van der Waals surface area contributed by atoms with E-state index in [1.807, 2.05) is 21.1 Å². The number of phosphoric acid groups is 1. The van der Waals surface area contributed by atoms with E-state index in [1.54, 1.807) is 0 Å². The summed E-state index contributed by atoms with van der Waals surface area (Å²) in [6.07, 6.45) is 97.7. The van der Waals surface area contributed by atoms with Gasteiger partial charge in [-0.3, -0.25) is 18.6 Å². The number of hydrogen-bond donors (Lipinski definition) is 1. The third-order valence-corrected chi connectivity index (χ3v) is 15.0. The summed E-state index contributed by atoms with van der Waals surface area (Å²) < 4.78 is 34.7. The monoisotopic (exact) mass is 1210 g/mol. The molecule has 488 valence electrons. The molecule has 0 heterocycles. The average molecular weight is 1210 g/mol. The van der Waals surface area contributed by atoms with Crippen LogP contribution in [0, 0.1) is 0 Å². The van der Waals surface area contributed by atoms with Crippen molar-refractivity contribution >= 4 is 19.8 Å². The number of carbonyl (C=O) groups is 2. The molecule has 0 rings (SSSR count). The molecule has 9 nitrogen and oxygen atoms in total. The number of rotatable bonds is 61. The molecule has 0 radical (unpaired) electrons. The molecule has 2 unspecified atom stereocenters. The molecule has 0 fully saturated rings. The van der Waals surface area contributed by atoms with Crippen LogP contribution in [0.15, 0.2) is 158 Å². The quantitative estimate of drug-likeness (QED) is 0.0211. The lowest BCUT2D eigenvalue weighted by Gasteiger charge is -2.24. The van der Waals surface area contributed by atoms with Crippen molar-refractivity contribution in [1.82, 2.24) is 0 Å². The van der Waals surface area contributed by atoms with Crippen LogP contribution in [0.5, 0.6) is 0 Å². The number of phosphoric ester groups is 1. The van der Waals surface area contributed by atoms with Crippen molar-refractivity contribution in [2.24, 2.45) is 0 Å². The van der Waals surface area contributed by atoms with Crippen LogP contribution in [0.3, 0.4) is 0 Å². The first-order valence-corrected chi connectivity index (χ1v) is 35.7. The fourth-order valence-electron chi connectivity index (χ4n) is 8.88. The molecule has 0 amide bonds. The molecule has 0 aromatic rings. The zero-order chi connectivity index (χ0) is 62.6. The summed E-state index contributed by atoms with van der Waals surface area (Å²) in [7, 11) is 1.44. The van der Waals surface area contributed by atoms with E-state index in [4.69, 9.17) is 18.5 Å². The highest BCUT2D eigenvalue weighted by Gasteiger charge is 2.27. The maximum atomic E-state index is 12.9. The van der Waals surface area contributed by atoms with Crippen molar-refractivity contribution < 1.29 is 42.1 Å². The Balaban J connectivity index is 4.14. The number of carbonyl (C=O) groups excluding carboxylic acids is 2. The lowest BCUT2D eigenvalue weighted by Crippen LogP contribution is -2.37. The van der Waals surface area contributed by atoms with Crippen LogP contribution in [0.4, 0.5) is 0 Å². The standard InChI is InChI=1S/C76H126NO8P/c1-6-8-10-12-14-16-18-20-22-24-26-28-30-32-34-36-37-38-39-41-42-44-46-48-50-52-54-56-58-60-62-64-66-68-75(78)82-72-74(73-84-86(80,81)83-71-70-77(3,4)5)85-76(79)69-67-65-63-61-59-57-55-53-51-49-47-45-43-40-35-33-31-29-27-25-23-21-19-17-15-13-11-9-7-2/h8-11,14-17,20-23,26-29,32-35,43,45,49,51,55,57,74H,6-7,12-13,18-19,24-25,30-31,36-42,44,46-48,50,52-54,56,58-73H2,1-5H3/p+1/b10-8-,11-9-,16-14-,17-15-,22-20-,23-21-,28-26-,29-27-,34-32-,35-33-,45-43-,51-49-,57-55-. The predicted octanol–water partition coefficient (Wildman–Crippen LogP) is 22.4. The first-order chi connectivity index (χ1) is 42.0. The number of quaternary nitrogens is 1. The maximum absolute atomic E-state index is 12.9. The Morgan fingerprint density at radius 3 is 0.930 bits per heavy atom. The lowest BCUT2D eigenvalue weighted by molar-refractivity contribution is -0.870. The molecule has 0 aromatic carbocycles. The Kier molecular flexibility index (Phi) is 61.8. The van der Waals surface area contributed by atoms with Crippen LogP contribution in [0.25, 0.3) is 0 Å². The van der Waals surface area contributed by atoms with E-state index < -0.39 is 26.5 Å². The Hall–Kier alpha value is -4.37. The third-order valence-electron chi connectivity index (χ3n) is 14.1. The molecule has 0 spiro atoms. The lowest BCUT2D eigenvalue weighted by atomic mass is 10.0. The van der Waals surface area contributed by atoms with E-state index in [1.165, 1.54) is 96.3 Å². The van der Waals surface area contributed by atoms with Gasteiger partial charge in [0.25, 0.3) is 0 Å². The molecule has 0 aliphatic carbocycles. The number of hydrogen-bond acceptors (Lipinski definition) is 7. The van der Waals surface area contributed by atoms with Gasteiger partial charge in [0.2, 0.25) is 0 Å². The van der Waals surface area contributed by atoms with E-state index in [9.17, 15) is 19.0 Å². The van der Waals surface area contributed by atoms with Crippen molar-refractivity contribution in [3.63, 3.8) is 0 Å². The second kappa shape index (κ2) is 65.1. The van der Waals surface area contributed by atoms with Crippen LogP contribution in [-0.4, -0.2) is 74.9 Å². The summed E-state index contributed by atoms with van der Waals surface area (Å²) in [6, 6.07) is 0. The van der Waals surface area contributed by atoms with Gasteiger partial charge in [0, 0.05) is 12.8 Å². The number of likely N-dealkylation sites (N-methyl/N-ethyl adjacent to an activating group) is 1. The Morgan fingerprint density at radius 1 is 0.360 bits per heavy atom. The summed E-state index contributed by atoms with van der Waals surface area (Å²) in [4.78, 5) is 35.9. The molecule has 0 saturated heterocycles. The minimum absolute atomic E-state index is 0.0187. The highest BCUT2D eigenvalue weighted by Crippen LogP contribution is 2.43. The summed E-state index contributed by atoms with van der Waals surface area (Å²) in [5.41, 5.74) is 0. The molecule has 10 heteroatoms. The van der Waals surface area contributed by atoms with E-state index in [0.29, 0.717) is 17.4 Å². The van der Waals surface area contributed by atoms with Gasteiger partial charge in [-0.05, 0) is 122 Å². The molecule has 1 N–H and O–H groups in total. The smallest absolute Gasteiger partial charge is 0.462 e. The van der Waals surface area contributed by atoms with E-state index >= 15 is 0 Å². The summed E-state index contributed by atoms with van der Waals surface area (Å²) in [6.45, 7) is 4.17. The number of esters is 2. The molecule has 86 heavy (non-hydrogen) atoms. The summed E-state index contributed by atoms with van der Waals surface area (Å²) in [5.74, 6) is -0.832. The zero-order valence-electron chi connectivity index (χ0n) is 55.5. The van der Waals surface area contributed by atoms with Crippen LogP contribution in [0.2, 0.25) is 0 Å². The van der Waals surface area contributed by atoms with Gasteiger partial charge in [-0.2, -0.15) is 0 Å². The fraction of sp³-hybridized carbons (Fsp3) is 0.632. The number of unbranched alkanes of at least 4 members (excludes halogenated alkanes) is 21. The van der Waals surface area contributed by atoms with Gasteiger partial charge in [0.05, 0.1) is 27.7 Å². The van der Waals surface area contributed by atoms with Gasteiger partial charge in [-0.1, -0.05) is 281 Å². The van der Waals surface area contributed by atoms with Gasteiger partial charge >= 0.3 is 19.8 Å². The summed E-state index contributed by atoms with van der Waals surface area (Å²) in [5, 5.41) is 0. The van der Waals surface area contributed by atoms with Gasteiger partial charge in [-0.25, -0.2) is 4.57 Å². The summed E-state index contributed by atoms with van der Waals surface area (Å²) >= 11 is 0. The van der Waals surface area contributed by atoms with E-state index in [2.05, 4.69) is 172 Å². The molecular weight excluding hydrogens is 1090 g/mol. The molecule has 2 atom stereocenters. The molecular formula is C76H127NO8P+. The highest BCUT2D eigenvalue weighted by molar-refractivity contribution is 7.47. The largest absolute Gasteiger partial charge is 0.472 e. The Bertz CT molecular complexity index is 2010. The van der Waals surface area contributed by atoms with Crippen LogP contribution in [-0.2, 0) is 32.7 Å². The van der Waals surface area contributed by atoms with Gasteiger partial charge in [-0.15, -0.1) is 0 Å². The minimum atomic E-state index is -4.41. The third kappa shape index (κ3) is 68.7. The van der Waals surface area contributed by atoms with Crippen LogP contribution in [0.1, 0.15) is 258 Å². The normalized spacial score (nSPS) is 14.2. The van der Waals surface area contributed by atoms with Crippen molar-refractivity contribution in [1.29, 1.82) is 0 Å². The highest BCUT2D eigenvalue weighted by atomic mass is 31.2. The average Bonchev–Trinajstić information content (AvgIpc) is 3.67. The minimum Gasteiger partial charge on any atom is -0.462 e. The molecule has 0 saturated carbocycles. The number of allylic oxidation sites excluding steroid dienone is 26. The van der Waals surface area contributed by atoms with Crippen molar-refractivity contribution in [3.05, 3.63) is 158 Å². The predicted molar refractivity (Wildman–Crippen MR) is 371 cm³/mol. The zero-order valence-corrected chi connectivity index (χ0v) is 56.4. The van der Waals surface area contributed by atoms with Gasteiger partial charge in [0.15, 0.2) is 6.10 Å². The molecule has 0 aromatic heterocycles. The SMILES string of the molecule is CC/C=C\C/C=C\C/C=C\C/C=C\C/C=C\C/C=C\C/C=C\C/C=C\CCCCCCC(=O)OC(COC(=O)CCCCCCCCCCCCCCCCCCC/C=C\C/C=C\C/C=C\C/C=C\C/C=C\CC)COP(=O)(O)OCC[N+](C)(C)C.